The summed E-state index contributed by atoms with van der Waals surface area (Å²) in [6.45, 7) is 2.04. The zero-order valence-corrected chi connectivity index (χ0v) is 17.7. The summed E-state index contributed by atoms with van der Waals surface area (Å²) in [6, 6.07) is 14.0. The van der Waals surface area contributed by atoms with Crippen LogP contribution < -0.4 is 5.32 Å². The first-order valence-corrected chi connectivity index (χ1v) is 10.9. The molecule has 5 rings (SSSR count). The van der Waals surface area contributed by atoms with Crippen molar-refractivity contribution in [2.75, 3.05) is 32.8 Å². The van der Waals surface area contributed by atoms with E-state index in [0.29, 0.717) is 31.6 Å². The summed E-state index contributed by atoms with van der Waals surface area (Å²) in [5, 5.41) is 13.0. The molecule has 0 bridgehead atoms. The molecular formula is C24H26FN3O4. The third kappa shape index (κ3) is 3.17. The Bertz CT molecular complexity index is 1050. The molecule has 2 unspecified atom stereocenters. The van der Waals surface area contributed by atoms with Gasteiger partial charge in [0.1, 0.15) is 11.4 Å². The summed E-state index contributed by atoms with van der Waals surface area (Å²) in [4.78, 5) is 29.2. The number of ether oxygens (including phenoxy) is 1. The van der Waals surface area contributed by atoms with Gasteiger partial charge in [-0.2, -0.15) is 0 Å². The maximum atomic E-state index is 14.3. The van der Waals surface area contributed by atoms with Gasteiger partial charge in [0.05, 0.1) is 13.2 Å². The standard InChI is InChI=1S/C24H26FN3O4/c25-20-7-5-19(6-8-20)24(21(29)27-12-9-17-3-1-2-4-18(17)15-27)23(10-11-26-24)16-28(22(30)31)13-14-32-23/h1-8,26H,9-16H2,(H,30,31). The summed E-state index contributed by atoms with van der Waals surface area (Å²) in [7, 11) is 0. The monoisotopic (exact) mass is 439 g/mol. The van der Waals surface area contributed by atoms with E-state index in [9.17, 15) is 19.1 Å². The van der Waals surface area contributed by atoms with Crippen molar-refractivity contribution >= 4 is 12.0 Å². The van der Waals surface area contributed by atoms with Gasteiger partial charge in [-0.15, -0.1) is 0 Å². The van der Waals surface area contributed by atoms with E-state index in [1.165, 1.54) is 22.6 Å². The minimum absolute atomic E-state index is 0.0723. The molecule has 0 saturated carbocycles. The largest absolute Gasteiger partial charge is 0.465 e. The van der Waals surface area contributed by atoms with Gasteiger partial charge in [0.15, 0.2) is 5.54 Å². The van der Waals surface area contributed by atoms with Crippen molar-refractivity contribution in [3.05, 3.63) is 71.0 Å². The van der Waals surface area contributed by atoms with Crippen molar-refractivity contribution in [1.82, 2.24) is 15.1 Å². The first-order chi connectivity index (χ1) is 15.4. The van der Waals surface area contributed by atoms with Crippen LogP contribution in [0.3, 0.4) is 0 Å². The fourth-order valence-corrected chi connectivity index (χ4v) is 5.49. The second kappa shape index (κ2) is 7.86. The number of morpholine rings is 1. The summed E-state index contributed by atoms with van der Waals surface area (Å²) in [5.41, 5.74) is 0.543. The van der Waals surface area contributed by atoms with Crippen molar-refractivity contribution in [3.63, 3.8) is 0 Å². The maximum absolute atomic E-state index is 14.3. The van der Waals surface area contributed by atoms with Gasteiger partial charge in [0.25, 0.3) is 5.91 Å². The zero-order valence-electron chi connectivity index (χ0n) is 17.7. The van der Waals surface area contributed by atoms with Crippen LogP contribution in [0.5, 0.6) is 0 Å². The molecule has 2 amide bonds. The number of carbonyl (C=O) groups is 2. The van der Waals surface area contributed by atoms with Crippen LogP contribution in [0.25, 0.3) is 0 Å². The number of carboxylic acid groups (broad SMARTS) is 1. The highest BCUT2D eigenvalue weighted by molar-refractivity contribution is 5.90. The number of nitrogens with zero attached hydrogens (tertiary/aromatic N) is 2. The Morgan fingerprint density at radius 3 is 2.53 bits per heavy atom. The number of benzene rings is 2. The molecule has 2 saturated heterocycles. The van der Waals surface area contributed by atoms with Gasteiger partial charge in [0, 0.05) is 19.6 Å². The average Bonchev–Trinajstić information content (AvgIpc) is 3.17. The predicted molar refractivity (Wildman–Crippen MR) is 115 cm³/mol. The lowest BCUT2D eigenvalue weighted by Gasteiger charge is -2.50. The quantitative estimate of drug-likeness (QED) is 0.751. The van der Waals surface area contributed by atoms with E-state index < -0.39 is 23.1 Å². The summed E-state index contributed by atoms with van der Waals surface area (Å²) in [6.07, 6.45) is 0.188. The van der Waals surface area contributed by atoms with Crippen LogP contribution >= 0.6 is 0 Å². The molecule has 3 aliphatic rings. The minimum atomic E-state index is -1.30. The van der Waals surface area contributed by atoms with E-state index in [1.807, 2.05) is 23.1 Å². The highest BCUT2D eigenvalue weighted by Crippen LogP contribution is 2.46. The molecule has 32 heavy (non-hydrogen) atoms. The van der Waals surface area contributed by atoms with Gasteiger partial charge in [-0.1, -0.05) is 36.4 Å². The molecule has 2 atom stereocenters. The lowest BCUT2D eigenvalue weighted by molar-refractivity contribution is -0.169. The third-order valence-corrected chi connectivity index (χ3v) is 7.07. The molecule has 2 fully saturated rings. The Labute approximate surface area is 185 Å². The first kappa shape index (κ1) is 20.9. The van der Waals surface area contributed by atoms with Crippen LogP contribution in [0.4, 0.5) is 9.18 Å². The van der Waals surface area contributed by atoms with Crippen LogP contribution in [0, 0.1) is 5.82 Å². The second-order valence-corrected chi connectivity index (χ2v) is 8.73. The topological polar surface area (TPSA) is 82.1 Å². The zero-order chi connectivity index (χ0) is 22.3. The number of halogens is 1. The van der Waals surface area contributed by atoms with E-state index >= 15 is 0 Å². The molecule has 3 aliphatic heterocycles. The van der Waals surface area contributed by atoms with E-state index in [0.717, 1.165) is 12.0 Å². The van der Waals surface area contributed by atoms with Crippen LogP contribution in [0.1, 0.15) is 23.1 Å². The average molecular weight is 439 g/mol. The van der Waals surface area contributed by atoms with Crippen molar-refractivity contribution in [1.29, 1.82) is 0 Å². The van der Waals surface area contributed by atoms with Gasteiger partial charge in [-0.05, 0) is 48.2 Å². The third-order valence-electron chi connectivity index (χ3n) is 7.07. The highest BCUT2D eigenvalue weighted by Gasteiger charge is 2.64. The molecule has 7 nitrogen and oxygen atoms in total. The molecule has 1 spiro atoms. The predicted octanol–water partition coefficient (Wildman–Crippen LogP) is 2.35. The Kier molecular flexibility index (Phi) is 5.14. The molecular weight excluding hydrogens is 413 g/mol. The highest BCUT2D eigenvalue weighted by atomic mass is 19.1. The Hall–Kier alpha value is -2.97. The number of carbonyl (C=O) groups excluding carboxylic acids is 1. The van der Waals surface area contributed by atoms with Crippen LogP contribution in [0.15, 0.2) is 48.5 Å². The summed E-state index contributed by atoms with van der Waals surface area (Å²) < 4.78 is 20.1. The molecule has 2 aromatic carbocycles. The maximum Gasteiger partial charge on any atom is 0.407 e. The van der Waals surface area contributed by atoms with Gasteiger partial charge in [-0.3, -0.25) is 10.1 Å². The van der Waals surface area contributed by atoms with Crippen molar-refractivity contribution in [2.45, 2.75) is 30.5 Å². The van der Waals surface area contributed by atoms with E-state index in [2.05, 4.69) is 11.4 Å². The second-order valence-electron chi connectivity index (χ2n) is 8.73. The van der Waals surface area contributed by atoms with Crippen LogP contribution in [-0.2, 0) is 28.0 Å². The normalized spacial score (nSPS) is 27.4. The van der Waals surface area contributed by atoms with Crippen LogP contribution in [0.2, 0.25) is 0 Å². The van der Waals surface area contributed by atoms with Gasteiger partial charge >= 0.3 is 6.09 Å². The van der Waals surface area contributed by atoms with Crippen molar-refractivity contribution in [3.8, 4) is 0 Å². The molecule has 3 heterocycles. The SMILES string of the molecule is O=C(O)N1CCOC2(CCNC2(C(=O)N2CCc3ccccc3C2)c2ccc(F)cc2)C1. The Morgan fingerprint density at radius 1 is 1.03 bits per heavy atom. The lowest BCUT2D eigenvalue weighted by atomic mass is 9.73. The van der Waals surface area contributed by atoms with Gasteiger partial charge < -0.3 is 19.6 Å². The minimum Gasteiger partial charge on any atom is -0.465 e. The first-order valence-electron chi connectivity index (χ1n) is 10.9. The molecule has 168 valence electrons. The van der Waals surface area contributed by atoms with E-state index in [4.69, 9.17) is 4.74 Å². The molecule has 0 radical (unpaired) electrons. The number of rotatable bonds is 2. The number of amides is 2. The Balaban J connectivity index is 1.59. The van der Waals surface area contributed by atoms with E-state index in [-0.39, 0.29) is 25.6 Å². The summed E-state index contributed by atoms with van der Waals surface area (Å²) in [5.74, 6) is -0.560. The van der Waals surface area contributed by atoms with Crippen molar-refractivity contribution < 1.29 is 23.8 Å². The number of hydrogen-bond acceptors (Lipinski definition) is 4. The molecule has 0 aliphatic carbocycles. The number of nitrogens with one attached hydrogen (secondary N) is 1. The molecule has 2 aromatic rings. The van der Waals surface area contributed by atoms with Gasteiger partial charge in [0.2, 0.25) is 0 Å². The fraction of sp³-hybridized carbons (Fsp3) is 0.417. The number of hydrogen-bond donors (Lipinski definition) is 2. The molecule has 2 N–H and O–H groups in total. The molecule has 0 aromatic heterocycles. The van der Waals surface area contributed by atoms with Crippen molar-refractivity contribution in [2.24, 2.45) is 0 Å². The summed E-state index contributed by atoms with van der Waals surface area (Å²) >= 11 is 0. The molecule has 8 heteroatoms. The Morgan fingerprint density at radius 2 is 1.78 bits per heavy atom. The van der Waals surface area contributed by atoms with E-state index in [1.54, 1.807) is 12.1 Å². The lowest BCUT2D eigenvalue weighted by Crippen LogP contribution is -2.69. The van der Waals surface area contributed by atoms with Gasteiger partial charge in [-0.25, -0.2) is 9.18 Å². The van der Waals surface area contributed by atoms with Crippen LogP contribution in [-0.4, -0.2) is 65.3 Å². The fourth-order valence-electron chi connectivity index (χ4n) is 5.49. The smallest absolute Gasteiger partial charge is 0.407 e. The number of fused-ring (bicyclic) bond motifs is 1.